The Morgan fingerprint density at radius 3 is 2.50 bits per heavy atom. The van der Waals surface area contributed by atoms with Crippen LogP contribution in [-0.4, -0.2) is 50.2 Å². The van der Waals surface area contributed by atoms with Crippen molar-refractivity contribution in [3.05, 3.63) is 53.4 Å². The van der Waals surface area contributed by atoms with Crippen molar-refractivity contribution in [2.24, 2.45) is 0 Å². The van der Waals surface area contributed by atoms with Gasteiger partial charge in [-0.15, -0.1) is 10.2 Å². The van der Waals surface area contributed by atoms with Gasteiger partial charge in [-0.25, -0.2) is 23.1 Å². The summed E-state index contributed by atoms with van der Waals surface area (Å²) in [5, 5.41) is 7.53. The zero-order valence-corrected chi connectivity index (χ0v) is 18.0. The highest BCUT2D eigenvalue weighted by molar-refractivity contribution is 6.00. The van der Waals surface area contributed by atoms with Crippen molar-refractivity contribution >= 4 is 5.91 Å². The van der Waals surface area contributed by atoms with Crippen LogP contribution in [0.15, 0.2) is 35.0 Å². The molecule has 0 aliphatic rings. The van der Waals surface area contributed by atoms with Crippen molar-refractivity contribution < 1.29 is 27.1 Å². The van der Waals surface area contributed by atoms with Gasteiger partial charge in [-0.3, -0.25) is 4.79 Å². The second kappa shape index (κ2) is 9.33. The van der Waals surface area contributed by atoms with Gasteiger partial charge >= 0.3 is 6.01 Å². The van der Waals surface area contributed by atoms with Gasteiger partial charge in [0.15, 0.2) is 0 Å². The van der Waals surface area contributed by atoms with E-state index in [0.717, 1.165) is 19.3 Å². The Labute approximate surface area is 182 Å². The summed E-state index contributed by atoms with van der Waals surface area (Å²) in [6, 6.07) is 3.53. The average molecular weight is 449 g/mol. The first-order valence-electron chi connectivity index (χ1n) is 9.85. The summed E-state index contributed by atoms with van der Waals surface area (Å²) in [5.41, 5.74) is -0.352. The molecule has 2 aromatic heterocycles. The molecule has 170 valence electrons. The largest absolute Gasteiger partial charge is 0.461 e. The van der Waals surface area contributed by atoms with Crippen LogP contribution in [0.2, 0.25) is 0 Å². The molecule has 8 nitrogen and oxygen atoms in total. The van der Waals surface area contributed by atoms with Gasteiger partial charge in [0.1, 0.15) is 12.4 Å². The van der Waals surface area contributed by atoms with Crippen LogP contribution >= 0.6 is 0 Å². The Kier molecular flexibility index (Phi) is 6.75. The number of aromatic nitrogens is 4. The Morgan fingerprint density at radius 2 is 1.94 bits per heavy atom. The zero-order chi connectivity index (χ0) is 23.5. The molecule has 0 bridgehead atoms. The first-order valence-corrected chi connectivity index (χ1v) is 9.85. The van der Waals surface area contributed by atoms with Crippen molar-refractivity contribution in [1.29, 1.82) is 0 Å². The van der Waals surface area contributed by atoms with Crippen LogP contribution in [0, 0.1) is 12.7 Å². The number of alkyl halides is 2. The molecule has 0 spiro atoms. The molecule has 0 fully saturated rings. The minimum absolute atomic E-state index is 0.00818. The summed E-state index contributed by atoms with van der Waals surface area (Å²) >= 11 is 0. The van der Waals surface area contributed by atoms with E-state index in [1.165, 1.54) is 23.1 Å². The fourth-order valence-electron chi connectivity index (χ4n) is 3.03. The van der Waals surface area contributed by atoms with E-state index < -0.39 is 23.7 Å². The predicted octanol–water partition coefficient (Wildman–Crippen LogP) is 4.02. The molecule has 1 aromatic carbocycles. The van der Waals surface area contributed by atoms with Crippen molar-refractivity contribution in [2.75, 3.05) is 13.2 Å². The Morgan fingerprint density at radius 1 is 1.25 bits per heavy atom. The molecule has 2 heterocycles. The first kappa shape index (κ1) is 23.2. The Bertz CT molecular complexity index is 1080. The summed E-state index contributed by atoms with van der Waals surface area (Å²) in [4.78, 5) is 22.3. The lowest BCUT2D eigenvalue weighted by atomic mass is 10.0. The lowest BCUT2D eigenvalue weighted by molar-refractivity contribution is 0.0165. The topological polar surface area (TPSA) is 94.2 Å². The zero-order valence-electron chi connectivity index (χ0n) is 18.0. The number of amides is 1. The number of likely N-dealkylation sites (N-methyl/N-ethyl adjacent to an activating group) is 1. The quantitative estimate of drug-likeness (QED) is 0.513. The van der Waals surface area contributed by atoms with Gasteiger partial charge in [0.05, 0.1) is 22.7 Å². The van der Waals surface area contributed by atoms with Gasteiger partial charge < -0.3 is 14.1 Å². The van der Waals surface area contributed by atoms with Crippen molar-refractivity contribution in [3.63, 3.8) is 0 Å². The second-order valence-corrected chi connectivity index (χ2v) is 7.18. The Balaban J connectivity index is 1.77. The monoisotopic (exact) mass is 449 g/mol. The van der Waals surface area contributed by atoms with Crippen LogP contribution in [0.5, 0.6) is 6.01 Å². The third-order valence-electron chi connectivity index (χ3n) is 4.71. The molecule has 0 aliphatic carbocycles. The van der Waals surface area contributed by atoms with Gasteiger partial charge in [0.2, 0.25) is 5.89 Å². The number of rotatable bonds is 8. The summed E-state index contributed by atoms with van der Waals surface area (Å²) in [6.07, 6.45) is 1.97. The lowest BCUT2D eigenvalue weighted by Crippen LogP contribution is -2.42. The number of aryl methyl sites for hydroxylation is 1. The number of nitrogens with zero attached hydrogens (tertiary/aromatic N) is 5. The maximum atomic E-state index is 14.6. The highest BCUT2D eigenvalue weighted by atomic mass is 19.3. The SMILES string of the molecule is CCN(C(=O)c1cccc(F)c1-c1nnc(C)o1)[C@@H](C)COc1ncc(C(C)(F)F)cn1. The van der Waals surface area contributed by atoms with Gasteiger partial charge in [-0.05, 0) is 26.0 Å². The van der Waals surface area contributed by atoms with E-state index in [1.54, 1.807) is 20.8 Å². The summed E-state index contributed by atoms with van der Waals surface area (Å²) < 4.78 is 51.9. The second-order valence-electron chi connectivity index (χ2n) is 7.18. The minimum atomic E-state index is -3.06. The third kappa shape index (κ3) is 5.04. The van der Waals surface area contributed by atoms with Crippen LogP contribution in [0.1, 0.15) is 42.6 Å². The first-order chi connectivity index (χ1) is 15.1. The van der Waals surface area contributed by atoms with Gasteiger partial charge in [-0.2, -0.15) is 0 Å². The number of carbonyl (C=O) groups is 1. The molecular formula is C21H22F3N5O3. The maximum absolute atomic E-state index is 14.6. The molecule has 1 atom stereocenters. The van der Waals surface area contributed by atoms with E-state index in [0.29, 0.717) is 6.54 Å². The number of hydrogen-bond donors (Lipinski definition) is 0. The number of hydrogen-bond acceptors (Lipinski definition) is 7. The van der Waals surface area contributed by atoms with E-state index in [1.807, 2.05) is 0 Å². The molecule has 0 saturated heterocycles. The predicted molar refractivity (Wildman–Crippen MR) is 108 cm³/mol. The molecule has 3 aromatic rings. The van der Waals surface area contributed by atoms with Crippen LogP contribution in [0.4, 0.5) is 13.2 Å². The normalized spacial score (nSPS) is 12.5. The number of carbonyl (C=O) groups excluding carboxylic acids is 1. The lowest BCUT2D eigenvalue weighted by Gasteiger charge is -2.28. The molecule has 0 saturated carbocycles. The summed E-state index contributed by atoms with van der Waals surface area (Å²) in [6.45, 7) is 6.09. The summed E-state index contributed by atoms with van der Waals surface area (Å²) in [7, 11) is 0. The van der Waals surface area contributed by atoms with E-state index >= 15 is 0 Å². The van der Waals surface area contributed by atoms with Crippen molar-refractivity contribution in [2.45, 2.75) is 39.7 Å². The molecule has 1 amide bonds. The van der Waals surface area contributed by atoms with Crippen molar-refractivity contribution in [1.82, 2.24) is 25.1 Å². The smallest absolute Gasteiger partial charge is 0.316 e. The van der Waals surface area contributed by atoms with Crippen LogP contribution in [0.25, 0.3) is 11.5 Å². The standard InChI is InChI=1S/C21H22F3N5O3/c1-5-29(12(2)11-31-20-25-9-14(10-26-20)21(4,23)24)19(30)15-7-6-8-16(22)17(15)18-28-27-13(3)32-18/h6-10,12H,5,11H2,1-4H3/t12-/m0/s1. The minimum Gasteiger partial charge on any atom is -0.461 e. The molecule has 0 aliphatic heterocycles. The van der Waals surface area contributed by atoms with Gasteiger partial charge in [0, 0.05) is 32.8 Å². The van der Waals surface area contributed by atoms with Gasteiger partial charge in [0.25, 0.3) is 17.7 Å². The maximum Gasteiger partial charge on any atom is 0.316 e. The number of halogens is 3. The van der Waals surface area contributed by atoms with Gasteiger partial charge in [-0.1, -0.05) is 6.07 Å². The molecule has 32 heavy (non-hydrogen) atoms. The highest BCUT2D eigenvalue weighted by Gasteiger charge is 2.28. The molecule has 3 rings (SSSR count). The third-order valence-corrected chi connectivity index (χ3v) is 4.71. The molecule has 0 radical (unpaired) electrons. The highest BCUT2D eigenvalue weighted by Crippen LogP contribution is 2.28. The van der Waals surface area contributed by atoms with E-state index in [4.69, 9.17) is 9.15 Å². The molecule has 11 heteroatoms. The molecule has 0 N–H and O–H groups in total. The fourth-order valence-corrected chi connectivity index (χ4v) is 3.03. The van der Waals surface area contributed by atoms with E-state index in [-0.39, 0.29) is 41.1 Å². The van der Waals surface area contributed by atoms with Crippen LogP contribution in [0.3, 0.4) is 0 Å². The molecular weight excluding hydrogens is 427 g/mol. The van der Waals surface area contributed by atoms with E-state index in [9.17, 15) is 18.0 Å². The average Bonchev–Trinajstić information content (AvgIpc) is 3.18. The fraction of sp³-hybridized carbons (Fsp3) is 0.381. The van der Waals surface area contributed by atoms with Crippen LogP contribution < -0.4 is 4.74 Å². The Hall–Kier alpha value is -3.50. The van der Waals surface area contributed by atoms with Crippen LogP contribution in [-0.2, 0) is 5.92 Å². The molecule has 0 unspecified atom stereocenters. The summed E-state index contributed by atoms with van der Waals surface area (Å²) in [5.74, 6) is -4.04. The number of benzene rings is 1. The van der Waals surface area contributed by atoms with Crippen molar-refractivity contribution in [3.8, 4) is 17.5 Å². The number of ether oxygens (including phenoxy) is 1. The van der Waals surface area contributed by atoms with E-state index in [2.05, 4.69) is 20.2 Å².